The van der Waals surface area contributed by atoms with Gasteiger partial charge in [-0.15, -0.1) is 0 Å². The van der Waals surface area contributed by atoms with Gasteiger partial charge in [0.1, 0.15) is 11.6 Å². The summed E-state index contributed by atoms with van der Waals surface area (Å²) in [6, 6.07) is 13.1. The Balaban J connectivity index is 1.54. The van der Waals surface area contributed by atoms with Gasteiger partial charge in [0.05, 0.1) is 17.6 Å². The second-order valence-electron chi connectivity index (χ2n) is 6.39. The van der Waals surface area contributed by atoms with Crippen molar-refractivity contribution in [3.8, 4) is 11.4 Å². The molecule has 124 valence electrons. The van der Waals surface area contributed by atoms with Gasteiger partial charge in [-0.25, -0.2) is 9.37 Å². The molecule has 0 bridgehead atoms. The van der Waals surface area contributed by atoms with E-state index in [1.54, 1.807) is 6.07 Å². The summed E-state index contributed by atoms with van der Waals surface area (Å²) in [7, 11) is 0. The molecule has 1 fully saturated rings. The van der Waals surface area contributed by atoms with Crippen LogP contribution in [-0.2, 0) is 6.54 Å². The lowest BCUT2D eigenvalue weighted by Gasteiger charge is -2.22. The number of rotatable bonds is 4. The fourth-order valence-corrected chi connectivity index (χ4v) is 3.43. The smallest absolute Gasteiger partial charge is 0.138 e. The normalized spacial score (nSPS) is 18.5. The molecule has 1 atom stereocenters. The second kappa shape index (κ2) is 6.34. The molecule has 1 aliphatic rings. The number of halogens is 1. The van der Waals surface area contributed by atoms with Crippen molar-refractivity contribution in [2.45, 2.75) is 25.4 Å². The first-order valence-electron chi connectivity index (χ1n) is 8.32. The standard InChI is InChI=1S/C19H20FN3O/c20-15-7-8-17-18(10-15)22-19(21-17)14-5-3-13(4-6-14)11-23-9-1-2-16(23)12-24/h3-8,10,16,24H,1-2,9,11-12H2,(H,21,22)/t16-/m0/s1. The van der Waals surface area contributed by atoms with Crippen LogP contribution in [0.2, 0.25) is 0 Å². The maximum Gasteiger partial charge on any atom is 0.138 e. The van der Waals surface area contributed by atoms with Gasteiger partial charge in [-0.3, -0.25) is 4.90 Å². The summed E-state index contributed by atoms with van der Waals surface area (Å²) in [5, 5.41) is 9.42. The maximum atomic E-state index is 13.3. The van der Waals surface area contributed by atoms with Crippen LogP contribution in [0.25, 0.3) is 22.4 Å². The molecule has 1 saturated heterocycles. The van der Waals surface area contributed by atoms with Crippen LogP contribution in [0.5, 0.6) is 0 Å². The molecular weight excluding hydrogens is 305 g/mol. The van der Waals surface area contributed by atoms with Crippen LogP contribution >= 0.6 is 0 Å². The summed E-state index contributed by atoms with van der Waals surface area (Å²) in [4.78, 5) is 10.0. The fourth-order valence-electron chi connectivity index (χ4n) is 3.43. The average molecular weight is 325 g/mol. The molecule has 0 amide bonds. The minimum Gasteiger partial charge on any atom is -0.395 e. The number of hydrogen-bond donors (Lipinski definition) is 2. The van der Waals surface area contributed by atoms with Gasteiger partial charge in [0.15, 0.2) is 0 Å². The monoisotopic (exact) mass is 325 g/mol. The van der Waals surface area contributed by atoms with Crippen molar-refractivity contribution in [2.75, 3.05) is 13.2 Å². The Hall–Kier alpha value is -2.24. The van der Waals surface area contributed by atoms with E-state index in [9.17, 15) is 9.50 Å². The Morgan fingerprint density at radius 3 is 2.83 bits per heavy atom. The fraction of sp³-hybridized carbons (Fsp3) is 0.316. The van der Waals surface area contributed by atoms with Crippen LogP contribution in [0, 0.1) is 5.82 Å². The van der Waals surface area contributed by atoms with Gasteiger partial charge in [0.2, 0.25) is 0 Å². The summed E-state index contributed by atoms with van der Waals surface area (Å²) < 4.78 is 13.3. The molecule has 0 aliphatic carbocycles. The Morgan fingerprint density at radius 1 is 1.21 bits per heavy atom. The molecule has 2 heterocycles. The topological polar surface area (TPSA) is 52.1 Å². The summed E-state index contributed by atoms with van der Waals surface area (Å²) in [5.74, 6) is 0.480. The third-order valence-electron chi connectivity index (χ3n) is 4.77. The van der Waals surface area contributed by atoms with E-state index in [0.717, 1.165) is 42.8 Å². The van der Waals surface area contributed by atoms with Gasteiger partial charge in [0, 0.05) is 18.2 Å². The number of aliphatic hydroxyl groups excluding tert-OH is 1. The Morgan fingerprint density at radius 2 is 2.04 bits per heavy atom. The van der Waals surface area contributed by atoms with Crippen molar-refractivity contribution in [3.63, 3.8) is 0 Å². The zero-order valence-electron chi connectivity index (χ0n) is 13.4. The third-order valence-corrected chi connectivity index (χ3v) is 4.77. The Bertz CT molecular complexity index is 843. The van der Waals surface area contributed by atoms with Crippen molar-refractivity contribution < 1.29 is 9.50 Å². The lowest BCUT2D eigenvalue weighted by Crippen LogP contribution is -2.31. The number of nitrogens with one attached hydrogen (secondary N) is 1. The number of aromatic nitrogens is 2. The third kappa shape index (κ3) is 2.92. The molecule has 4 rings (SSSR count). The minimum atomic E-state index is -0.267. The van der Waals surface area contributed by atoms with Crippen molar-refractivity contribution in [1.29, 1.82) is 0 Å². The molecule has 0 unspecified atom stereocenters. The molecule has 2 aromatic carbocycles. The first-order chi connectivity index (χ1) is 11.7. The molecule has 4 nitrogen and oxygen atoms in total. The predicted molar refractivity (Wildman–Crippen MR) is 92.0 cm³/mol. The van der Waals surface area contributed by atoms with Gasteiger partial charge >= 0.3 is 0 Å². The molecule has 1 aromatic heterocycles. The molecule has 5 heteroatoms. The zero-order chi connectivity index (χ0) is 16.5. The first kappa shape index (κ1) is 15.3. The lowest BCUT2D eigenvalue weighted by molar-refractivity contribution is 0.153. The van der Waals surface area contributed by atoms with E-state index in [4.69, 9.17) is 0 Å². The van der Waals surface area contributed by atoms with Gasteiger partial charge in [0.25, 0.3) is 0 Å². The first-order valence-corrected chi connectivity index (χ1v) is 8.32. The van der Waals surface area contributed by atoms with E-state index in [1.807, 2.05) is 12.1 Å². The lowest BCUT2D eigenvalue weighted by atomic mass is 10.1. The van der Waals surface area contributed by atoms with E-state index < -0.39 is 0 Å². The largest absolute Gasteiger partial charge is 0.395 e. The zero-order valence-corrected chi connectivity index (χ0v) is 13.4. The number of aromatic amines is 1. The number of nitrogens with zero attached hydrogens (tertiary/aromatic N) is 2. The molecule has 3 aromatic rings. The predicted octanol–water partition coefficient (Wildman–Crippen LogP) is 3.33. The molecular formula is C19H20FN3O. The van der Waals surface area contributed by atoms with E-state index in [0.29, 0.717) is 5.52 Å². The Labute approximate surface area is 140 Å². The molecule has 0 spiro atoms. The molecule has 0 radical (unpaired) electrons. The molecule has 24 heavy (non-hydrogen) atoms. The average Bonchev–Trinajstić information content (AvgIpc) is 3.21. The number of benzene rings is 2. The summed E-state index contributed by atoms with van der Waals surface area (Å²) in [6.07, 6.45) is 2.23. The highest BCUT2D eigenvalue weighted by molar-refractivity contribution is 5.79. The van der Waals surface area contributed by atoms with Crippen LogP contribution in [0.15, 0.2) is 42.5 Å². The van der Waals surface area contributed by atoms with Crippen LogP contribution in [0.4, 0.5) is 4.39 Å². The van der Waals surface area contributed by atoms with Crippen molar-refractivity contribution in [1.82, 2.24) is 14.9 Å². The summed E-state index contributed by atoms with van der Waals surface area (Å²) in [5.41, 5.74) is 3.67. The SMILES string of the molecule is OC[C@@H]1CCCN1Cc1ccc(-c2nc3ccc(F)cc3[nH]2)cc1. The van der Waals surface area contributed by atoms with Gasteiger partial charge < -0.3 is 10.1 Å². The van der Waals surface area contributed by atoms with E-state index >= 15 is 0 Å². The number of fused-ring (bicyclic) bond motifs is 1. The maximum absolute atomic E-state index is 13.3. The van der Waals surface area contributed by atoms with Crippen LogP contribution in [0.1, 0.15) is 18.4 Å². The number of hydrogen-bond acceptors (Lipinski definition) is 3. The van der Waals surface area contributed by atoms with E-state index in [-0.39, 0.29) is 18.5 Å². The molecule has 2 N–H and O–H groups in total. The minimum absolute atomic E-state index is 0.230. The van der Waals surface area contributed by atoms with E-state index in [1.165, 1.54) is 17.7 Å². The van der Waals surface area contributed by atoms with E-state index in [2.05, 4.69) is 27.0 Å². The van der Waals surface area contributed by atoms with Crippen molar-refractivity contribution >= 4 is 11.0 Å². The van der Waals surface area contributed by atoms with Crippen molar-refractivity contribution in [2.24, 2.45) is 0 Å². The van der Waals surface area contributed by atoms with Gasteiger partial charge in [-0.2, -0.15) is 0 Å². The Kier molecular flexibility index (Phi) is 4.04. The number of H-pyrrole nitrogens is 1. The van der Waals surface area contributed by atoms with Crippen LogP contribution in [-0.4, -0.2) is 39.2 Å². The van der Waals surface area contributed by atoms with Crippen molar-refractivity contribution in [3.05, 3.63) is 53.8 Å². The number of aliphatic hydroxyl groups is 1. The summed E-state index contributed by atoms with van der Waals surface area (Å²) >= 11 is 0. The highest BCUT2D eigenvalue weighted by Crippen LogP contribution is 2.23. The summed E-state index contributed by atoms with van der Waals surface area (Å²) in [6.45, 7) is 2.13. The number of likely N-dealkylation sites (tertiary alicyclic amines) is 1. The van der Waals surface area contributed by atoms with Crippen LogP contribution in [0.3, 0.4) is 0 Å². The van der Waals surface area contributed by atoms with Gasteiger partial charge in [-0.1, -0.05) is 24.3 Å². The van der Waals surface area contributed by atoms with Gasteiger partial charge in [-0.05, 0) is 43.1 Å². The second-order valence-corrected chi connectivity index (χ2v) is 6.39. The highest BCUT2D eigenvalue weighted by Gasteiger charge is 2.23. The van der Waals surface area contributed by atoms with Crippen LogP contribution < -0.4 is 0 Å². The highest BCUT2D eigenvalue weighted by atomic mass is 19.1. The molecule has 1 aliphatic heterocycles. The number of imidazole rings is 1. The quantitative estimate of drug-likeness (QED) is 0.774. The molecule has 0 saturated carbocycles.